The smallest absolute Gasteiger partial charge is 0.271 e. The van der Waals surface area contributed by atoms with Gasteiger partial charge in [0.15, 0.2) is 4.80 Å². The molecule has 4 heterocycles. The second-order valence-electron chi connectivity index (χ2n) is 9.53. The van der Waals surface area contributed by atoms with Crippen molar-refractivity contribution in [2.45, 2.75) is 26.5 Å². The van der Waals surface area contributed by atoms with E-state index in [2.05, 4.69) is 10.3 Å². The largest absolute Gasteiger partial charge is 0.486 e. The Morgan fingerprint density at radius 2 is 2.00 bits per heavy atom. The zero-order valence-corrected chi connectivity index (χ0v) is 24.8. The van der Waals surface area contributed by atoms with Gasteiger partial charge in [0, 0.05) is 22.7 Å². The number of fused-ring (bicyclic) bond motifs is 1. The SMILES string of the molecule is CC1=C(C(=O)Nc2ccccc2C)C(c2cccs2)n2c(sc(=Cc3ccc(COc4ccc(F)c(Cl)c4)o3)c2=O)=N1. The predicted octanol–water partition coefficient (Wildman–Crippen LogP) is 6.21. The fourth-order valence-corrected chi connectivity index (χ4v) is 6.65. The molecule has 0 fully saturated rings. The molecule has 1 atom stereocenters. The number of nitrogens with zero attached hydrogens (tertiary/aromatic N) is 2. The van der Waals surface area contributed by atoms with Gasteiger partial charge in [0.05, 0.1) is 20.8 Å². The lowest BCUT2D eigenvalue weighted by molar-refractivity contribution is -0.113. The number of benzene rings is 2. The molecule has 212 valence electrons. The van der Waals surface area contributed by atoms with Gasteiger partial charge < -0.3 is 14.5 Å². The minimum Gasteiger partial charge on any atom is -0.486 e. The Hall–Kier alpha value is -4.25. The van der Waals surface area contributed by atoms with Crippen molar-refractivity contribution in [1.29, 1.82) is 0 Å². The van der Waals surface area contributed by atoms with Gasteiger partial charge in [-0.2, -0.15) is 0 Å². The zero-order valence-electron chi connectivity index (χ0n) is 22.4. The van der Waals surface area contributed by atoms with E-state index in [-0.39, 0.29) is 23.1 Å². The van der Waals surface area contributed by atoms with Gasteiger partial charge in [-0.15, -0.1) is 11.3 Å². The van der Waals surface area contributed by atoms with Gasteiger partial charge in [0.1, 0.15) is 35.7 Å². The number of amides is 1. The van der Waals surface area contributed by atoms with E-state index in [1.807, 2.05) is 48.7 Å². The monoisotopic (exact) mass is 619 g/mol. The molecule has 0 spiro atoms. The number of halogens is 2. The minimum absolute atomic E-state index is 0.0325. The highest BCUT2D eigenvalue weighted by Gasteiger charge is 2.33. The van der Waals surface area contributed by atoms with E-state index in [9.17, 15) is 14.0 Å². The van der Waals surface area contributed by atoms with Crippen LogP contribution in [0.3, 0.4) is 0 Å². The van der Waals surface area contributed by atoms with Crippen LogP contribution in [-0.4, -0.2) is 10.5 Å². The quantitative estimate of drug-likeness (QED) is 0.235. The van der Waals surface area contributed by atoms with Crippen molar-refractivity contribution >= 4 is 51.9 Å². The standard InChI is InChI=1S/C31H23ClFN3O4S2/c1-17-6-3-4-7-24(17)35-29(37)27-18(2)34-31-36(28(27)25-8-5-13-41-25)30(38)26(42-31)15-20-9-10-21(40-20)16-39-19-11-12-23(33)22(32)14-19/h3-15,28H,16H2,1-2H3,(H,35,37). The lowest BCUT2D eigenvalue weighted by atomic mass is 10.0. The Morgan fingerprint density at radius 1 is 1.17 bits per heavy atom. The molecular formula is C31H23ClFN3O4S2. The van der Waals surface area contributed by atoms with Crippen LogP contribution in [0.25, 0.3) is 6.08 Å². The Balaban J connectivity index is 1.32. The van der Waals surface area contributed by atoms with Crippen LogP contribution in [-0.2, 0) is 11.4 Å². The predicted molar refractivity (Wildman–Crippen MR) is 162 cm³/mol. The maximum absolute atomic E-state index is 13.8. The summed E-state index contributed by atoms with van der Waals surface area (Å²) in [6.07, 6.45) is 1.65. The second kappa shape index (κ2) is 11.6. The molecule has 1 amide bonds. The lowest BCUT2D eigenvalue weighted by Crippen LogP contribution is -2.40. The number of hydrogen-bond donors (Lipinski definition) is 1. The first kappa shape index (κ1) is 27.9. The van der Waals surface area contributed by atoms with E-state index in [1.165, 1.54) is 40.9 Å². The van der Waals surface area contributed by atoms with E-state index in [4.69, 9.17) is 20.8 Å². The van der Waals surface area contributed by atoms with Crippen LogP contribution in [0.4, 0.5) is 10.1 Å². The summed E-state index contributed by atoms with van der Waals surface area (Å²) in [6, 6.07) is 18.3. The summed E-state index contributed by atoms with van der Waals surface area (Å²) in [5.41, 5.74) is 2.31. The number of nitrogens with one attached hydrogen (secondary N) is 1. The number of aromatic nitrogens is 1. The molecule has 7 nitrogen and oxygen atoms in total. The molecule has 1 N–H and O–H groups in total. The Kier molecular flexibility index (Phi) is 7.68. The third-order valence-corrected chi connectivity index (χ3v) is 8.90. The molecule has 2 aromatic carbocycles. The number of carbonyl (C=O) groups is 1. The molecule has 1 unspecified atom stereocenters. The lowest BCUT2D eigenvalue weighted by Gasteiger charge is -2.24. The first-order chi connectivity index (χ1) is 20.3. The van der Waals surface area contributed by atoms with Gasteiger partial charge in [0.2, 0.25) is 0 Å². The van der Waals surface area contributed by atoms with Crippen LogP contribution in [0.5, 0.6) is 5.75 Å². The van der Waals surface area contributed by atoms with Crippen molar-refractivity contribution in [2.24, 2.45) is 4.99 Å². The van der Waals surface area contributed by atoms with Gasteiger partial charge in [-0.3, -0.25) is 14.2 Å². The molecule has 0 saturated heterocycles. The van der Waals surface area contributed by atoms with Gasteiger partial charge in [-0.1, -0.05) is 47.2 Å². The van der Waals surface area contributed by atoms with Crippen molar-refractivity contribution in [3.05, 3.63) is 136 Å². The number of ether oxygens (including phenoxy) is 1. The summed E-state index contributed by atoms with van der Waals surface area (Å²) in [5, 5.41) is 4.89. The number of allylic oxidation sites excluding steroid dienone is 1. The second-order valence-corrected chi connectivity index (χ2v) is 11.9. The van der Waals surface area contributed by atoms with Crippen LogP contribution in [0.1, 0.15) is 34.9 Å². The number of rotatable bonds is 7. The Morgan fingerprint density at radius 3 is 2.76 bits per heavy atom. The number of aryl methyl sites for hydroxylation is 1. The van der Waals surface area contributed by atoms with Gasteiger partial charge in [-0.25, -0.2) is 9.38 Å². The maximum atomic E-state index is 13.8. The number of anilines is 1. The Bertz CT molecular complexity index is 2020. The number of carbonyl (C=O) groups excluding carboxylic acids is 1. The maximum Gasteiger partial charge on any atom is 0.271 e. The average Bonchev–Trinajstić information content (AvgIpc) is 3.72. The molecule has 5 aromatic rings. The van der Waals surface area contributed by atoms with Gasteiger partial charge >= 0.3 is 0 Å². The average molecular weight is 620 g/mol. The molecule has 0 aliphatic carbocycles. The van der Waals surface area contributed by atoms with E-state index in [1.54, 1.807) is 29.7 Å². The number of thiazole rings is 1. The van der Waals surface area contributed by atoms with Crippen molar-refractivity contribution in [1.82, 2.24) is 4.57 Å². The minimum atomic E-state index is -0.629. The molecular weight excluding hydrogens is 597 g/mol. The van der Waals surface area contributed by atoms with Crippen LogP contribution in [0.15, 0.2) is 97.6 Å². The van der Waals surface area contributed by atoms with Crippen LogP contribution in [0, 0.1) is 12.7 Å². The zero-order chi connectivity index (χ0) is 29.4. The van der Waals surface area contributed by atoms with Crippen molar-refractivity contribution in [3.63, 3.8) is 0 Å². The molecule has 11 heteroatoms. The molecule has 3 aromatic heterocycles. The number of para-hydroxylation sites is 1. The summed E-state index contributed by atoms with van der Waals surface area (Å²) >= 11 is 8.53. The van der Waals surface area contributed by atoms with Crippen molar-refractivity contribution in [2.75, 3.05) is 5.32 Å². The van der Waals surface area contributed by atoms with Crippen LogP contribution < -0.4 is 24.9 Å². The molecule has 1 aliphatic rings. The molecule has 6 rings (SSSR count). The first-order valence-corrected chi connectivity index (χ1v) is 15.0. The number of hydrogen-bond acceptors (Lipinski definition) is 7. The fourth-order valence-electron chi connectivity index (χ4n) is 4.63. The van der Waals surface area contributed by atoms with E-state index >= 15 is 0 Å². The normalized spacial score (nSPS) is 15.0. The number of furan rings is 1. The third-order valence-electron chi connectivity index (χ3n) is 6.70. The molecule has 0 radical (unpaired) electrons. The van der Waals surface area contributed by atoms with Gasteiger partial charge in [0.25, 0.3) is 11.5 Å². The van der Waals surface area contributed by atoms with E-state index in [0.29, 0.717) is 43.6 Å². The van der Waals surface area contributed by atoms with Crippen LogP contribution >= 0.6 is 34.3 Å². The third kappa shape index (κ3) is 5.48. The number of thiophene rings is 1. The summed E-state index contributed by atoms with van der Waals surface area (Å²) < 4.78 is 26.9. The fraction of sp³-hybridized carbons (Fsp3) is 0.129. The van der Waals surface area contributed by atoms with E-state index < -0.39 is 11.9 Å². The van der Waals surface area contributed by atoms with Crippen molar-refractivity contribution < 1.29 is 18.3 Å². The Labute approximate surface area is 252 Å². The summed E-state index contributed by atoms with van der Waals surface area (Å²) in [5.74, 6) is 0.533. The summed E-state index contributed by atoms with van der Waals surface area (Å²) in [4.78, 5) is 33.5. The summed E-state index contributed by atoms with van der Waals surface area (Å²) in [7, 11) is 0. The van der Waals surface area contributed by atoms with Gasteiger partial charge in [-0.05, 0) is 61.2 Å². The molecule has 42 heavy (non-hydrogen) atoms. The molecule has 0 bridgehead atoms. The molecule has 0 saturated carbocycles. The highest BCUT2D eigenvalue weighted by atomic mass is 35.5. The van der Waals surface area contributed by atoms with Crippen LogP contribution in [0.2, 0.25) is 5.02 Å². The van der Waals surface area contributed by atoms with E-state index in [0.717, 1.165) is 10.4 Å². The highest BCUT2D eigenvalue weighted by Crippen LogP contribution is 2.33. The highest BCUT2D eigenvalue weighted by molar-refractivity contribution is 7.10. The first-order valence-electron chi connectivity index (χ1n) is 12.9. The topological polar surface area (TPSA) is 85.8 Å². The summed E-state index contributed by atoms with van der Waals surface area (Å²) in [6.45, 7) is 3.80. The van der Waals surface area contributed by atoms with Crippen molar-refractivity contribution in [3.8, 4) is 5.75 Å². The molecule has 1 aliphatic heterocycles.